The number of carbonyl (C=O) groups is 1. The summed E-state index contributed by atoms with van der Waals surface area (Å²) in [6, 6.07) is 15.6. The van der Waals surface area contributed by atoms with Crippen LogP contribution in [0.25, 0.3) is 0 Å². The summed E-state index contributed by atoms with van der Waals surface area (Å²) in [5.41, 5.74) is 3.30. The third-order valence-corrected chi connectivity index (χ3v) is 3.67. The normalized spacial score (nSPS) is 12.3. The van der Waals surface area contributed by atoms with E-state index in [1.807, 2.05) is 42.5 Å². The molecule has 3 rings (SSSR count). The first kappa shape index (κ1) is 17.2. The minimum Gasteiger partial charge on any atom is -0.493 e. The Morgan fingerprint density at radius 3 is 2.83 bits per heavy atom. The summed E-state index contributed by atoms with van der Waals surface area (Å²) in [7, 11) is 0. The van der Waals surface area contributed by atoms with Crippen LogP contribution in [0.1, 0.15) is 18.4 Å². The average molecular weight is 333 g/mol. The zero-order chi connectivity index (χ0) is 15.2. The maximum atomic E-state index is 12.0. The first-order chi connectivity index (χ1) is 10.8. The number of hydrogen-bond acceptors (Lipinski definition) is 3. The van der Waals surface area contributed by atoms with E-state index < -0.39 is 0 Å². The molecule has 1 aliphatic heterocycles. The molecule has 0 spiro atoms. The van der Waals surface area contributed by atoms with Crippen LogP contribution in [0.5, 0.6) is 5.75 Å². The molecular weight excluding hydrogens is 312 g/mol. The van der Waals surface area contributed by atoms with Crippen LogP contribution >= 0.6 is 12.4 Å². The molecule has 0 radical (unpaired) electrons. The Hall–Kier alpha value is -2.20. The standard InChI is InChI=1S/C18H20N2O2.ClH/c21-18(10-12-22-16-6-2-1-3-7-16)20-15-8-9-17-14(13-15)5-4-11-19-17;/h1-3,6-9,13,19H,4-5,10-12H2,(H,20,21);1H. The number of carbonyl (C=O) groups excluding carboxylic acids is 1. The number of halogens is 1. The van der Waals surface area contributed by atoms with Crippen molar-refractivity contribution in [1.29, 1.82) is 0 Å². The lowest BCUT2D eigenvalue weighted by Crippen LogP contribution is -2.16. The van der Waals surface area contributed by atoms with E-state index in [-0.39, 0.29) is 18.3 Å². The van der Waals surface area contributed by atoms with Gasteiger partial charge in [-0.15, -0.1) is 12.4 Å². The van der Waals surface area contributed by atoms with Crippen LogP contribution in [-0.2, 0) is 11.2 Å². The highest BCUT2D eigenvalue weighted by Crippen LogP contribution is 2.25. The number of para-hydroxylation sites is 1. The fourth-order valence-corrected chi connectivity index (χ4v) is 2.55. The quantitative estimate of drug-likeness (QED) is 0.873. The zero-order valence-electron chi connectivity index (χ0n) is 12.9. The van der Waals surface area contributed by atoms with Gasteiger partial charge in [-0.2, -0.15) is 0 Å². The van der Waals surface area contributed by atoms with Crippen LogP contribution in [0.15, 0.2) is 48.5 Å². The molecule has 1 aliphatic rings. The summed E-state index contributed by atoms with van der Waals surface area (Å²) in [6.45, 7) is 1.40. The summed E-state index contributed by atoms with van der Waals surface area (Å²) in [4.78, 5) is 12.0. The summed E-state index contributed by atoms with van der Waals surface area (Å²) in [5, 5.41) is 6.29. The maximum absolute atomic E-state index is 12.0. The van der Waals surface area contributed by atoms with E-state index in [0.717, 1.165) is 30.8 Å². The van der Waals surface area contributed by atoms with Gasteiger partial charge in [-0.3, -0.25) is 4.79 Å². The van der Waals surface area contributed by atoms with Gasteiger partial charge >= 0.3 is 0 Å². The fourth-order valence-electron chi connectivity index (χ4n) is 2.55. The highest BCUT2D eigenvalue weighted by atomic mass is 35.5. The number of benzene rings is 2. The van der Waals surface area contributed by atoms with Gasteiger partial charge in [0, 0.05) is 17.9 Å². The van der Waals surface area contributed by atoms with E-state index >= 15 is 0 Å². The second-order valence-corrected chi connectivity index (χ2v) is 5.36. The third-order valence-electron chi connectivity index (χ3n) is 3.67. The SMILES string of the molecule is Cl.O=C(CCOc1ccccc1)Nc1ccc2c(c1)CCCN2. The Balaban J connectivity index is 0.00000192. The van der Waals surface area contributed by atoms with Crippen LogP contribution in [0.4, 0.5) is 11.4 Å². The van der Waals surface area contributed by atoms with Crippen molar-refractivity contribution < 1.29 is 9.53 Å². The molecule has 0 aromatic heterocycles. The molecule has 2 N–H and O–H groups in total. The molecule has 5 heteroatoms. The minimum atomic E-state index is -0.0281. The van der Waals surface area contributed by atoms with Crippen molar-refractivity contribution in [2.24, 2.45) is 0 Å². The molecule has 0 saturated heterocycles. The summed E-state index contributed by atoms with van der Waals surface area (Å²) in [5.74, 6) is 0.759. The molecule has 0 aliphatic carbocycles. The summed E-state index contributed by atoms with van der Waals surface area (Å²) in [6.07, 6.45) is 2.53. The van der Waals surface area contributed by atoms with Crippen molar-refractivity contribution in [3.63, 3.8) is 0 Å². The Morgan fingerprint density at radius 1 is 1.17 bits per heavy atom. The Kier molecular flexibility index (Phi) is 6.29. The molecule has 2 aromatic carbocycles. The molecule has 4 nitrogen and oxygen atoms in total. The molecule has 0 bridgehead atoms. The van der Waals surface area contributed by atoms with E-state index in [9.17, 15) is 4.79 Å². The third kappa shape index (κ3) is 4.89. The smallest absolute Gasteiger partial charge is 0.227 e. The van der Waals surface area contributed by atoms with Crippen LogP contribution < -0.4 is 15.4 Å². The number of fused-ring (bicyclic) bond motifs is 1. The lowest BCUT2D eigenvalue weighted by Gasteiger charge is -2.18. The molecular formula is C18H21ClN2O2. The molecule has 0 fully saturated rings. The first-order valence-corrected chi connectivity index (χ1v) is 7.66. The van der Waals surface area contributed by atoms with E-state index in [1.54, 1.807) is 0 Å². The summed E-state index contributed by atoms with van der Waals surface area (Å²) < 4.78 is 5.53. The van der Waals surface area contributed by atoms with Crippen LogP contribution in [0.2, 0.25) is 0 Å². The monoisotopic (exact) mass is 332 g/mol. The maximum Gasteiger partial charge on any atom is 0.227 e. The number of nitrogens with one attached hydrogen (secondary N) is 2. The topological polar surface area (TPSA) is 50.4 Å². The Morgan fingerprint density at radius 2 is 2.00 bits per heavy atom. The predicted octanol–water partition coefficient (Wildman–Crippen LogP) is 3.87. The summed E-state index contributed by atoms with van der Waals surface area (Å²) >= 11 is 0. The van der Waals surface area contributed by atoms with E-state index in [0.29, 0.717) is 13.0 Å². The van der Waals surface area contributed by atoms with E-state index in [2.05, 4.69) is 16.7 Å². The lowest BCUT2D eigenvalue weighted by molar-refractivity contribution is -0.116. The van der Waals surface area contributed by atoms with Gasteiger partial charge in [0.05, 0.1) is 13.0 Å². The van der Waals surface area contributed by atoms with Crippen molar-refractivity contribution >= 4 is 29.7 Å². The molecule has 122 valence electrons. The van der Waals surface area contributed by atoms with Crippen LogP contribution in [0, 0.1) is 0 Å². The molecule has 0 saturated carbocycles. The van der Waals surface area contributed by atoms with Crippen molar-refractivity contribution in [3.05, 3.63) is 54.1 Å². The van der Waals surface area contributed by atoms with Gasteiger partial charge in [-0.1, -0.05) is 18.2 Å². The predicted molar refractivity (Wildman–Crippen MR) is 95.7 cm³/mol. The highest BCUT2D eigenvalue weighted by molar-refractivity contribution is 5.91. The molecule has 23 heavy (non-hydrogen) atoms. The van der Waals surface area contributed by atoms with Gasteiger partial charge < -0.3 is 15.4 Å². The van der Waals surface area contributed by atoms with Gasteiger partial charge in [-0.25, -0.2) is 0 Å². The highest BCUT2D eigenvalue weighted by Gasteiger charge is 2.10. The van der Waals surface area contributed by atoms with Crippen molar-refractivity contribution in [2.75, 3.05) is 23.8 Å². The van der Waals surface area contributed by atoms with Crippen molar-refractivity contribution in [1.82, 2.24) is 0 Å². The fraction of sp³-hybridized carbons (Fsp3) is 0.278. The van der Waals surface area contributed by atoms with Gasteiger partial charge in [0.15, 0.2) is 0 Å². The number of ether oxygens (including phenoxy) is 1. The Labute approximate surface area is 142 Å². The largest absolute Gasteiger partial charge is 0.493 e. The van der Waals surface area contributed by atoms with Gasteiger partial charge in [0.25, 0.3) is 0 Å². The van der Waals surface area contributed by atoms with Gasteiger partial charge in [0.1, 0.15) is 5.75 Å². The number of hydrogen-bond donors (Lipinski definition) is 2. The van der Waals surface area contributed by atoms with Gasteiger partial charge in [0.2, 0.25) is 5.91 Å². The minimum absolute atomic E-state index is 0. The lowest BCUT2D eigenvalue weighted by atomic mass is 10.0. The second-order valence-electron chi connectivity index (χ2n) is 5.36. The van der Waals surface area contributed by atoms with Crippen molar-refractivity contribution in [3.8, 4) is 5.75 Å². The molecule has 1 heterocycles. The van der Waals surface area contributed by atoms with Gasteiger partial charge in [-0.05, 0) is 48.7 Å². The number of amides is 1. The van der Waals surface area contributed by atoms with E-state index in [4.69, 9.17) is 4.74 Å². The number of rotatable bonds is 5. The molecule has 2 aromatic rings. The number of anilines is 2. The van der Waals surface area contributed by atoms with Crippen LogP contribution in [0.3, 0.4) is 0 Å². The number of aryl methyl sites for hydroxylation is 1. The first-order valence-electron chi connectivity index (χ1n) is 7.66. The molecule has 0 unspecified atom stereocenters. The Bertz CT molecular complexity index is 647. The van der Waals surface area contributed by atoms with Crippen molar-refractivity contribution in [2.45, 2.75) is 19.3 Å². The zero-order valence-corrected chi connectivity index (χ0v) is 13.7. The van der Waals surface area contributed by atoms with Crippen LogP contribution in [-0.4, -0.2) is 19.1 Å². The molecule has 1 amide bonds. The van der Waals surface area contributed by atoms with E-state index in [1.165, 1.54) is 11.3 Å². The average Bonchev–Trinajstić information content (AvgIpc) is 2.56. The molecule has 0 atom stereocenters. The second kappa shape index (κ2) is 8.44.